The lowest BCUT2D eigenvalue weighted by Gasteiger charge is -2.07. The minimum absolute atomic E-state index is 0.0347. The average Bonchev–Trinajstić information content (AvgIpc) is 2.99. The van der Waals surface area contributed by atoms with Crippen LogP contribution in [0.4, 0.5) is 5.69 Å². The van der Waals surface area contributed by atoms with Gasteiger partial charge in [-0.3, -0.25) is 14.2 Å². The quantitative estimate of drug-likeness (QED) is 0.640. The van der Waals surface area contributed by atoms with Crippen LogP contribution in [0.2, 0.25) is 0 Å². The van der Waals surface area contributed by atoms with Crippen LogP contribution in [-0.2, 0) is 9.59 Å². The Morgan fingerprint density at radius 3 is 2.65 bits per heavy atom. The van der Waals surface area contributed by atoms with E-state index >= 15 is 0 Å². The van der Waals surface area contributed by atoms with Crippen molar-refractivity contribution < 1.29 is 14.7 Å². The Morgan fingerprint density at radius 1 is 1.20 bits per heavy atom. The van der Waals surface area contributed by atoms with Crippen LogP contribution in [-0.4, -0.2) is 44.8 Å². The van der Waals surface area contributed by atoms with Crippen LogP contribution in [0.3, 0.4) is 0 Å². The van der Waals surface area contributed by atoms with Crippen molar-refractivity contribution in [3.8, 4) is 5.69 Å². The number of benzene rings is 1. The van der Waals surface area contributed by atoms with Crippen molar-refractivity contribution in [1.82, 2.24) is 20.1 Å². The highest BCUT2D eigenvalue weighted by molar-refractivity contribution is 6.39. The van der Waals surface area contributed by atoms with E-state index in [2.05, 4.69) is 20.8 Å². The van der Waals surface area contributed by atoms with E-state index in [1.165, 1.54) is 12.7 Å². The second-order valence-electron chi connectivity index (χ2n) is 3.85. The van der Waals surface area contributed by atoms with Crippen LogP contribution in [0, 0.1) is 0 Å². The molecule has 104 valence electrons. The average molecular weight is 275 g/mol. The number of anilines is 1. The fourth-order valence-electron chi connectivity index (χ4n) is 1.52. The van der Waals surface area contributed by atoms with Crippen molar-refractivity contribution >= 4 is 17.5 Å². The number of aliphatic hydroxyl groups is 1. The third-order valence-corrected chi connectivity index (χ3v) is 2.42. The molecule has 2 rings (SSSR count). The Kier molecular flexibility index (Phi) is 4.40. The predicted octanol–water partition coefficient (Wildman–Crippen LogP) is -0.686. The number of aliphatic hydroxyl groups excluding tert-OH is 1. The second-order valence-corrected chi connectivity index (χ2v) is 3.85. The normalized spacial score (nSPS) is 10.1. The van der Waals surface area contributed by atoms with Crippen molar-refractivity contribution in [3.05, 3.63) is 36.9 Å². The van der Waals surface area contributed by atoms with E-state index in [-0.39, 0.29) is 13.2 Å². The first-order valence-electron chi connectivity index (χ1n) is 5.86. The van der Waals surface area contributed by atoms with Crippen molar-refractivity contribution in [2.45, 2.75) is 0 Å². The minimum atomic E-state index is -0.797. The zero-order chi connectivity index (χ0) is 14.4. The Labute approximate surface area is 114 Å². The summed E-state index contributed by atoms with van der Waals surface area (Å²) >= 11 is 0. The maximum atomic E-state index is 11.6. The molecule has 1 aromatic carbocycles. The SMILES string of the molecule is O=C(NCCO)C(=O)Nc1cccc(-n2cnnc2)c1. The lowest BCUT2D eigenvalue weighted by molar-refractivity contribution is -0.136. The number of carbonyl (C=O) groups excluding carboxylic acids is 2. The van der Waals surface area contributed by atoms with Gasteiger partial charge in [0.1, 0.15) is 12.7 Å². The number of aromatic nitrogens is 3. The Balaban J connectivity index is 2.05. The van der Waals surface area contributed by atoms with Crippen molar-refractivity contribution in [1.29, 1.82) is 0 Å². The number of hydrogen-bond acceptors (Lipinski definition) is 5. The zero-order valence-electron chi connectivity index (χ0n) is 10.5. The van der Waals surface area contributed by atoms with Crippen LogP contribution < -0.4 is 10.6 Å². The summed E-state index contributed by atoms with van der Waals surface area (Å²) in [6, 6.07) is 6.88. The molecule has 20 heavy (non-hydrogen) atoms. The maximum Gasteiger partial charge on any atom is 0.313 e. The molecule has 2 aromatic rings. The number of carbonyl (C=O) groups is 2. The second kappa shape index (κ2) is 6.43. The molecule has 0 unspecified atom stereocenters. The van der Waals surface area contributed by atoms with Crippen molar-refractivity contribution in [2.75, 3.05) is 18.5 Å². The molecule has 1 heterocycles. The van der Waals surface area contributed by atoms with Gasteiger partial charge < -0.3 is 15.7 Å². The monoisotopic (exact) mass is 275 g/mol. The molecule has 0 aliphatic carbocycles. The molecule has 0 fully saturated rings. The molecule has 3 N–H and O–H groups in total. The third-order valence-electron chi connectivity index (χ3n) is 2.42. The summed E-state index contributed by atoms with van der Waals surface area (Å²) in [5, 5.41) is 20.7. The smallest absolute Gasteiger partial charge is 0.313 e. The molecule has 2 amide bonds. The fourth-order valence-corrected chi connectivity index (χ4v) is 1.52. The molecule has 1 aromatic heterocycles. The number of nitrogens with one attached hydrogen (secondary N) is 2. The molecule has 0 saturated carbocycles. The topological polar surface area (TPSA) is 109 Å². The molecular formula is C12H13N5O3. The number of nitrogens with zero attached hydrogens (tertiary/aromatic N) is 3. The molecular weight excluding hydrogens is 262 g/mol. The van der Waals surface area contributed by atoms with Crippen LogP contribution in [0.15, 0.2) is 36.9 Å². The Morgan fingerprint density at radius 2 is 1.95 bits per heavy atom. The summed E-state index contributed by atoms with van der Waals surface area (Å²) in [6.07, 6.45) is 3.05. The molecule has 0 aliphatic rings. The van der Waals surface area contributed by atoms with E-state index in [1.54, 1.807) is 22.8 Å². The first kappa shape index (κ1) is 13.7. The number of amides is 2. The van der Waals surface area contributed by atoms with Crippen molar-refractivity contribution in [3.63, 3.8) is 0 Å². The van der Waals surface area contributed by atoms with E-state index < -0.39 is 11.8 Å². The van der Waals surface area contributed by atoms with Gasteiger partial charge in [0, 0.05) is 12.2 Å². The van der Waals surface area contributed by atoms with E-state index in [0.29, 0.717) is 5.69 Å². The minimum Gasteiger partial charge on any atom is -0.395 e. The molecule has 0 aliphatic heterocycles. The summed E-state index contributed by atoms with van der Waals surface area (Å²) in [5.41, 5.74) is 1.23. The van der Waals surface area contributed by atoms with E-state index in [9.17, 15) is 9.59 Å². The lowest BCUT2D eigenvalue weighted by atomic mass is 10.2. The Hall–Kier alpha value is -2.74. The van der Waals surface area contributed by atoms with Crippen LogP contribution in [0.1, 0.15) is 0 Å². The molecule has 0 saturated heterocycles. The zero-order valence-corrected chi connectivity index (χ0v) is 10.5. The van der Waals surface area contributed by atoms with Gasteiger partial charge in [0.25, 0.3) is 0 Å². The fraction of sp³-hybridized carbons (Fsp3) is 0.167. The van der Waals surface area contributed by atoms with Crippen LogP contribution in [0.25, 0.3) is 5.69 Å². The first-order valence-corrected chi connectivity index (χ1v) is 5.86. The predicted molar refractivity (Wildman–Crippen MR) is 70.1 cm³/mol. The maximum absolute atomic E-state index is 11.6. The number of rotatable bonds is 4. The highest BCUT2D eigenvalue weighted by Crippen LogP contribution is 2.13. The van der Waals surface area contributed by atoms with Gasteiger partial charge in [0.15, 0.2) is 0 Å². The number of hydrogen-bond donors (Lipinski definition) is 3. The molecule has 0 spiro atoms. The summed E-state index contributed by atoms with van der Waals surface area (Å²) in [6.45, 7) is -0.185. The van der Waals surface area contributed by atoms with Gasteiger partial charge in [-0.25, -0.2) is 0 Å². The highest BCUT2D eigenvalue weighted by atomic mass is 16.3. The van der Waals surface area contributed by atoms with Crippen LogP contribution >= 0.6 is 0 Å². The summed E-state index contributed by atoms with van der Waals surface area (Å²) in [4.78, 5) is 22.9. The van der Waals surface area contributed by atoms with Crippen LogP contribution in [0.5, 0.6) is 0 Å². The van der Waals surface area contributed by atoms with Gasteiger partial charge >= 0.3 is 11.8 Å². The van der Waals surface area contributed by atoms with Gasteiger partial charge in [-0.15, -0.1) is 10.2 Å². The highest BCUT2D eigenvalue weighted by Gasteiger charge is 2.12. The summed E-state index contributed by atoms with van der Waals surface area (Å²) < 4.78 is 1.67. The lowest BCUT2D eigenvalue weighted by Crippen LogP contribution is -2.36. The van der Waals surface area contributed by atoms with Gasteiger partial charge in [-0.1, -0.05) is 6.07 Å². The van der Waals surface area contributed by atoms with Gasteiger partial charge in [0.2, 0.25) is 0 Å². The van der Waals surface area contributed by atoms with E-state index in [0.717, 1.165) is 5.69 Å². The molecule has 0 atom stereocenters. The molecule has 0 radical (unpaired) electrons. The van der Waals surface area contributed by atoms with E-state index in [4.69, 9.17) is 5.11 Å². The molecule has 8 heteroatoms. The Bertz CT molecular complexity index is 597. The summed E-state index contributed by atoms with van der Waals surface area (Å²) in [5.74, 6) is -1.59. The third kappa shape index (κ3) is 3.39. The van der Waals surface area contributed by atoms with Gasteiger partial charge in [-0.05, 0) is 18.2 Å². The standard InChI is InChI=1S/C12H13N5O3/c18-5-4-13-11(19)12(20)16-9-2-1-3-10(6-9)17-7-14-15-8-17/h1-3,6-8,18H,4-5H2,(H,13,19)(H,16,20). The molecule has 0 bridgehead atoms. The summed E-state index contributed by atoms with van der Waals surface area (Å²) in [7, 11) is 0. The van der Waals surface area contributed by atoms with Crippen molar-refractivity contribution in [2.24, 2.45) is 0 Å². The van der Waals surface area contributed by atoms with Gasteiger partial charge in [-0.2, -0.15) is 0 Å². The largest absolute Gasteiger partial charge is 0.395 e. The van der Waals surface area contributed by atoms with Gasteiger partial charge in [0.05, 0.1) is 12.3 Å². The first-order chi connectivity index (χ1) is 9.70. The van der Waals surface area contributed by atoms with E-state index in [1.807, 2.05) is 6.07 Å². The molecule has 8 nitrogen and oxygen atoms in total.